The number of hydrogen-bond acceptors (Lipinski definition) is 4. The van der Waals surface area contributed by atoms with Gasteiger partial charge in [0.25, 0.3) is 5.91 Å². The Morgan fingerprint density at radius 1 is 1.07 bits per heavy atom. The summed E-state index contributed by atoms with van der Waals surface area (Å²) in [5.41, 5.74) is 1.84. The van der Waals surface area contributed by atoms with Crippen molar-refractivity contribution in [2.24, 2.45) is 0 Å². The second-order valence-electron chi connectivity index (χ2n) is 6.69. The van der Waals surface area contributed by atoms with Crippen molar-refractivity contribution in [2.45, 2.75) is 31.8 Å². The molecular weight excluding hydrogens is 404 g/mol. The molecule has 29 heavy (non-hydrogen) atoms. The van der Waals surface area contributed by atoms with E-state index in [9.17, 15) is 13.2 Å². The Balaban J connectivity index is 1.81. The number of sulfonamides is 1. The normalized spacial score (nSPS) is 11.4. The van der Waals surface area contributed by atoms with Gasteiger partial charge in [-0.1, -0.05) is 42.5 Å². The highest BCUT2D eigenvalue weighted by molar-refractivity contribution is 7.89. The maximum Gasteiger partial charge on any atom is 0.254 e. The van der Waals surface area contributed by atoms with Crippen LogP contribution in [0.4, 0.5) is 0 Å². The zero-order valence-corrected chi connectivity index (χ0v) is 18.1. The standard InChI is InChI=1S/C22H24N2O3S2/c1-3-24(16-20-10-7-13-28-20)22(25)19-12-11-17(2)21(14-19)29(26,27)23-15-18-8-5-4-6-9-18/h4-14,23H,3,15-16H2,1-2H3. The van der Waals surface area contributed by atoms with E-state index in [0.29, 0.717) is 24.2 Å². The maximum atomic E-state index is 13.0. The molecule has 7 heteroatoms. The second-order valence-corrected chi connectivity index (χ2v) is 9.46. The Bertz CT molecular complexity index is 1060. The summed E-state index contributed by atoms with van der Waals surface area (Å²) in [6.07, 6.45) is 0. The van der Waals surface area contributed by atoms with Crippen LogP contribution in [0, 0.1) is 6.92 Å². The van der Waals surface area contributed by atoms with Crippen LogP contribution in [0.15, 0.2) is 70.9 Å². The van der Waals surface area contributed by atoms with E-state index in [1.165, 1.54) is 6.07 Å². The zero-order valence-electron chi connectivity index (χ0n) is 16.5. The first-order valence-electron chi connectivity index (χ1n) is 9.36. The van der Waals surface area contributed by atoms with Gasteiger partial charge in [-0.25, -0.2) is 13.1 Å². The number of thiophene rings is 1. The van der Waals surface area contributed by atoms with Gasteiger partial charge in [-0.2, -0.15) is 0 Å². The summed E-state index contributed by atoms with van der Waals surface area (Å²) in [5.74, 6) is -0.180. The lowest BCUT2D eigenvalue weighted by Crippen LogP contribution is -2.30. The first kappa shape index (κ1) is 21.2. The van der Waals surface area contributed by atoms with Gasteiger partial charge in [0.2, 0.25) is 10.0 Å². The fourth-order valence-electron chi connectivity index (χ4n) is 2.98. The molecule has 0 spiro atoms. The molecule has 0 aliphatic rings. The smallest absolute Gasteiger partial charge is 0.254 e. The van der Waals surface area contributed by atoms with Gasteiger partial charge in [0.1, 0.15) is 0 Å². The van der Waals surface area contributed by atoms with Crippen LogP contribution in [0.2, 0.25) is 0 Å². The molecule has 0 saturated carbocycles. The lowest BCUT2D eigenvalue weighted by Gasteiger charge is -2.21. The Labute approximate surface area is 176 Å². The fraction of sp³-hybridized carbons (Fsp3) is 0.227. The third kappa shape index (κ3) is 5.32. The van der Waals surface area contributed by atoms with E-state index < -0.39 is 10.0 Å². The molecule has 0 aliphatic carbocycles. The minimum atomic E-state index is -3.75. The lowest BCUT2D eigenvalue weighted by atomic mass is 10.1. The van der Waals surface area contributed by atoms with Gasteiger partial charge in [0.05, 0.1) is 11.4 Å². The van der Waals surface area contributed by atoms with Crippen LogP contribution < -0.4 is 4.72 Å². The Kier molecular flexibility index (Phi) is 6.84. The molecule has 0 aliphatic heterocycles. The van der Waals surface area contributed by atoms with Crippen LogP contribution in [0.25, 0.3) is 0 Å². The van der Waals surface area contributed by atoms with Gasteiger partial charge in [-0.05, 0) is 48.6 Å². The van der Waals surface area contributed by atoms with Crippen molar-refractivity contribution in [3.63, 3.8) is 0 Å². The van der Waals surface area contributed by atoms with Crippen molar-refractivity contribution in [2.75, 3.05) is 6.54 Å². The van der Waals surface area contributed by atoms with Crippen molar-refractivity contribution in [1.82, 2.24) is 9.62 Å². The highest BCUT2D eigenvalue weighted by Gasteiger charge is 2.21. The number of amides is 1. The third-order valence-electron chi connectivity index (χ3n) is 4.63. The van der Waals surface area contributed by atoms with Crippen LogP contribution in [0.3, 0.4) is 0 Å². The highest BCUT2D eigenvalue weighted by Crippen LogP contribution is 2.20. The van der Waals surface area contributed by atoms with Crippen LogP contribution in [0.1, 0.15) is 33.3 Å². The van der Waals surface area contributed by atoms with Crippen molar-refractivity contribution in [1.29, 1.82) is 0 Å². The van der Waals surface area contributed by atoms with Gasteiger partial charge < -0.3 is 4.90 Å². The first-order valence-corrected chi connectivity index (χ1v) is 11.7. The van der Waals surface area contributed by atoms with E-state index in [1.807, 2.05) is 54.8 Å². The predicted molar refractivity (Wildman–Crippen MR) is 116 cm³/mol. The minimum Gasteiger partial charge on any atom is -0.334 e. The van der Waals surface area contributed by atoms with Crippen LogP contribution in [0.5, 0.6) is 0 Å². The van der Waals surface area contributed by atoms with Gasteiger partial charge in [0, 0.05) is 23.5 Å². The van der Waals surface area contributed by atoms with E-state index in [-0.39, 0.29) is 17.3 Å². The van der Waals surface area contributed by atoms with Crippen molar-refractivity contribution in [3.05, 3.63) is 87.6 Å². The Hall–Kier alpha value is -2.48. The van der Waals surface area contributed by atoms with Crippen LogP contribution in [-0.4, -0.2) is 25.8 Å². The Morgan fingerprint density at radius 2 is 1.83 bits per heavy atom. The zero-order chi connectivity index (χ0) is 20.9. The number of benzene rings is 2. The average Bonchev–Trinajstić information content (AvgIpc) is 3.24. The number of rotatable bonds is 8. The topological polar surface area (TPSA) is 66.5 Å². The summed E-state index contributed by atoms with van der Waals surface area (Å²) < 4.78 is 28.4. The molecule has 0 unspecified atom stereocenters. The molecule has 3 aromatic rings. The summed E-state index contributed by atoms with van der Waals surface area (Å²) in [4.78, 5) is 15.9. The van der Waals surface area contributed by atoms with E-state index >= 15 is 0 Å². The summed E-state index contributed by atoms with van der Waals surface area (Å²) in [6.45, 7) is 4.89. The number of carbonyl (C=O) groups is 1. The summed E-state index contributed by atoms with van der Waals surface area (Å²) in [5, 5.41) is 1.97. The predicted octanol–water partition coefficient (Wildman–Crippen LogP) is 4.20. The molecular formula is C22H24N2O3S2. The van der Waals surface area contributed by atoms with Gasteiger partial charge in [0.15, 0.2) is 0 Å². The monoisotopic (exact) mass is 428 g/mol. The van der Waals surface area contributed by atoms with E-state index in [0.717, 1.165) is 10.4 Å². The largest absolute Gasteiger partial charge is 0.334 e. The van der Waals surface area contributed by atoms with Crippen molar-refractivity contribution < 1.29 is 13.2 Å². The summed E-state index contributed by atoms with van der Waals surface area (Å²) >= 11 is 1.59. The molecule has 1 heterocycles. The maximum absolute atomic E-state index is 13.0. The lowest BCUT2D eigenvalue weighted by molar-refractivity contribution is 0.0754. The number of nitrogens with zero attached hydrogens (tertiary/aromatic N) is 1. The molecule has 0 atom stereocenters. The molecule has 1 N–H and O–H groups in total. The molecule has 0 radical (unpaired) electrons. The molecule has 152 valence electrons. The number of aryl methyl sites for hydroxylation is 1. The third-order valence-corrected chi connectivity index (χ3v) is 7.03. The first-order chi connectivity index (χ1) is 13.9. The van der Waals surface area contributed by atoms with Gasteiger partial charge >= 0.3 is 0 Å². The SMILES string of the molecule is CCN(Cc1cccs1)C(=O)c1ccc(C)c(S(=O)(=O)NCc2ccccc2)c1. The van der Waals surface area contributed by atoms with E-state index in [2.05, 4.69) is 4.72 Å². The molecule has 1 amide bonds. The molecule has 0 fully saturated rings. The summed E-state index contributed by atoms with van der Waals surface area (Å²) in [7, 11) is -3.75. The van der Waals surface area contributed by atoms with Gasteiger partial charge in [-0.3, -0.25) is 4.79 Å². The summed E-state index contributed by atoms with van der Waals surface area (Å²) in [6, 6.07) is 18.1. The quantitative estimate of drug-likeness (QED) is 0.585. The van der Waals surface area contributed by atoms with E-state index in [4.69, 9.17) is 0 Å². The molecule has 2 aromatic carbocycles. The fourth-order valence-corrected chi connectivity index (χ4v) is 4.98. The highest BCUT2D eigenvalue weighted by atomic mass is 32.2. The molecule has 1 aromatic heterocycles. The van der Waals surface area contributed by atoms with Crippen molar-refractivity contribution in [3.8, 4) is 0 Å². The van der Waals surface area contributed by atoms with Gasteiger partial charge in [-0.15, -0.1) is 11.3 Å². The van der Waals surface area contributed by atoms with Crippen molar-refractivity contribution >= 4 is 27.3 Å². The minimum absolute atomic E-state index is 0.131. The average molecular weight is 429 g/mol. The number of nitrogens with one attached hydrogen (secondary N) is 1. The molecule has 5 nitrogen and oxygen atoms in total. The second kappa shape index (κ2) is 9.35. The Morgan fingerprint density at radius 3 is 2.48 bits per heavy atom. The molecule has 0 bridgehead atoms. The number of carbonyl (C=O) groups excluding carboxylic acids is 1. The van der Waals surface area contributed by atoms with Crippen LogP contribution >= 0.6 is 11.3 Å². The van der Waals surface area contributed by atoms with Crippen LogP contribution in [-0.2, 0) is 23.1 Å². The molecule has 0 saturated heterocycles. The molecule has 3 rings (SSSR count). The number of hydrogen-bond donors (Lipinski definition) is 1. The van der Waals surface area contributed by atoms with E-state index in [1.54, 1.807) is 35.3 Å².